The number of hydrogen-bond acceptors (Lipinski definition) is 7. The zero-order valence-corrected chi connectivity index (χ0v) is 17.5. The fourth-order valence-electron chi connectivity index (χ4n) is 3.54. The van der Waals surface area contributed by atoms with Crippen LogP contribution in [0.15, 0.2) is 24.3 Å². The summed E-state index contributed by atoms with van der Waals surface area (Å²) in [5.41, 5.74) is 2.01. The quantitative estimate of drug-likeness (QED) is 0.669. The van der Waals surface area contributed by atoms with E-state index < -0.39 is 0 Å². The summed E-state index contributed by atoms with van der Waals surface area (Å²) < 4.78 is 16.4. The third kappa shape index (κ3) is 3.90. The van der Waals surface area contributed by atoms with Gasteiger partial charge in [0.25, 0.3) is 5.91 Å². The molecule has 0 aliphatic carbocycles. The normalized spacial score (nSPS) is 15.6. The zero-order chi connectivity index (χ0) is 20.4. The number of fused-ring (bicyclic) bond motifs is 2. The molecule has 1 N–H and O–H groups in total. The van der Waals surface area contributed by atoms with E-state index in [9.17, 15) is 4.79 Å². The molecule has 0 spiro atoms. The molecular formula is C21H23N3O4S. The third-order valence-electron chi connectivity index (χ3n) is 4.98. The van der Waals surface area contributed by atoms with Gasteiger partial charge in [0.05, 0.1) is 24.0 Å². The van der Waals surface area contributed by atoms with Crippen molar-refractivity contribution in [1.82, 2.24) is 15.3 Å². The molecule has 2 aromatic heterocycles. The lowest BCUT2D eigenvalue weighted by Gasteiger charge is -2.25. The molecule has 3 aromatic rings. The van der Waals surface area contributed by atoms with Crippen molar-refractivity contribution in [2.24, 2.45) is 5.92 Å². The SMILES string of the molecule is COCc1nc(OC)c2c(C)c(C(=O)NCC3COc4ccccc4C3)sc2n1. The summed E-state index contributed by atoms with van der Waals surface area (Å²) in [5.74, 6) is 2.06. The first kappa shape index (κ1) is 19.6. The Morgan fingerprint density at radius 2 is 2.14 bits per heavy atom. The molecule has 0 saturated heterocycles. The average molecular weight is 413 g/mol. The Morgan fingerprint density at radius 3 is 2.93 bits per heavy atom. The van der Waals surface area contributed by atoms with Gasteiger partial charge in [-0.2, -0.15) is 4.98 Å². The Labute approximate surface area is 173 Å². The molecule has 0 bridgehead atoms. The molecule has 0 fully saturated rings. The molecule has 152 valence electrons. The van der Waals surface area contributed by atoms with Crippen LogP contribution >= 0.6 is 11.3 Å². The minimum absolute atomic E-state index is 0.111. The molecule has 1 unspecified atom stereocenters. The predicted octanol–water partition coefficient (Wildman–Crippen LogP) is 3.14. The molecule has 1 aliphatic heterocycles. The molecular weight excluding hydrogens is 390 g/mol. The van der Waals surface area contributed by atoms with E-state index in [1.165, 1.54) is 16.9 Å². The summed E-state index contributed by atoms with van der Waals surface area (Å²) in [7, 11) is 3.15. The highest BCUT2D eigenvalue weighted by atomic mass is 32.1. The number of amides is 1. The van der Waals surface area contributed by atoms with Gasteiger partial charge in [-0.25, -0.2) is 4.98 Å². The second kappa shape index (κ2) is 8.34. The summed E-state index contributed by atoms with van der Waals surface area (Å²) >= 11 is 1.35. The number of hydrogen-bond donors (Lipinski definition) is 1. The van der Waals surface area contributed by atoms with Gasteiger partial charge in [0.15, 0.2) is 5.82 Å². The lowest BCUT2D eigenvalue weighted by molar-refractivity contribution is 0.0942. The van der Waals surface area contributed by atoms with Crippen molar-refractivity contribution < 1.29 is 19.0 Å². The first-order chi connectivity index (χ1) is 14.1. The number of nitrogens with zero attached hydrogens (tertiary/aromatic N) is 2. The summed E-state index contributed by atoms with van der Waals surface area (Å²) in [6.45, 7) is 3.34. The maximum Gasteiger partial charge on any atom is 0.261 e. The van der Waals surface area contributed by atoms with Crippen molar-refractivity contribution in [2.75, 3.05) is 27.4 Å². The zero-order valence-electron chi connectivity index (χ0n) is 16.7. The van der Waals surface area contributed by atoms with E-state index >= 15 is 0 Å². The topological polar surface area (TPSA) is 82.6 Å². The molecule has 1 aromatic carbocycles. The average Bonchev–Trinajstić information content (AvgIpc) is 3.08. The second-order valence-corrected chi connectivity index (χ2v) is 8.02. The van der Waals surface area contributed by atoms with Crippen molar-refractivity contribution in [3.05, 3.63) is 46.1 Å². The van der Waals surface area contributed by atoms with Gasteiger partial charge >= 0.3 is 0 Å². The number of methoxy groups -OCH3 is 2. The maximum absolute atomic E-state index is 12.9. The molecule has 0 radical (unpaired) electrons. The summed E-state index contributed by atoms with van der Waals surface area (Å²) in [6.07, 6.45) is 0.890. The van der Waals surface area contributed by atoms with Crippen LogP contribution in [0.3, 0.4) is 0 Å². The number of thiophene rings is 1. The highest BCUT2D eigenvalue weighted by molar-refractivity contribution is 7.20. The fourth-order valence-corrected chi connectivity index (χ4v) is 4.65. The van der Waals surface area contributed by atoms with Crippen LogP contribution in [-0.4, -0.2) is 43.2 Å². The Kier molecular flexibility index (Phi) is 5.64. The molecule has 1 aliphatic rings. The van der Waals surface area contributed by atoms with Crippen molar-refractivity contribution in [2.45, 2.75) is 20.0 Å². The van der Waals surface area contributed by atoms with E-state index in [0.29, 0.717) is 29.7 Å². The summed E-state index contributed by atoms with van der Waals surface area (Å²) in [6, 6.07) is 8.04. The Hall–Kier alpha value is -2.71. The molecule has 0 saturated carbocycles. The lowest BCUT2D eigenvalue weighted by Crippen LogP contribution is -2.34. The van der Waals surface area contributed by atoms with E-state index in [-0.39, 0.29) is 18.4 Å². The van der Waals surface area contributed by atoms with Gasteiger partial charge in [0, 0.05) is 19.6 Å². The number of carbonyl (C=O) groups is 1. The lowest BCUT2D eigenvalue weighted by atomic mass is 9.97. The van der Waals surface area contributed by atoms with E-state index in [1.807, 2.05) is 25.1 Å². The van der Waals surface area contributed by atoms with Crippen molar-refractivity contribution in [3.8, 4) is 11.6 Å². The number of aromatic nitrogens is 2. The predicted molar refractivity (Wildman–Crippen MR) is 111 cm³/mol. The van der Waals surface area contributed by atoms with Crippen LogP contribution in [0.5, 0.6) is 11.6 Å². The van der Waals surface area contributed by atoms with E-state index in [4.69, 9.17) is 14.2 Å². The third-order valence-corrected chi connectivity index (χ3v) is 6.17. The summed E-state index contributed by atoms with van der Waals surface area (Å²) in [4.78, 5) is 23.1. The fraction of sp³-hybridized carbons (Fsp3) is 0.381. The van der Waals surface area contributed by atoms with E-state index in [2.05, 4.69) is 21.4 Å². The van der Waals surface area contributed by atoms with Gasteiger partial charge in [0.1, 0.15) is 17.2 Å². The Morgan fingerprint density at radius 1 is 1.31 bits per heavy atom. The molecule has 1 atom stereocenters. The second-order valence-electron chi connectivity index (χ2n) is 7.02. The number of para-hydroxylation sites is 1. The molecule has 29 heavy (non-hydrogen) atoms. The minimum atomic E-state index is -0.111. The van der Waals surface area contributed by atoms with Gasteiger partial charge in [-0.3, -0.25) is 4.79 Å². The highest BCUT2D eigenvalue weighted by Gasteiger charge is 2.23. The number of carbonyl (C=O) groups excluding carboxylic acids is 1. The van der Waals surface area contributed by atoms with E-state index in [0.717, 1.165) is 28.0 Å². The number of rotatable bonds is 6. The first-order valence-electron chi connectivity index (χ1n) is 9.42. The van der Waals surface area contributed by atoms with Crippen molar-refractivity contribution in [3.63, 3.8) is 0 Å². The van der Waals surface area contributed by atoms with Crippen LogP contribution in [0.25, 0.3) is 10.2 Å². The van der Waals surface area contributed by atoms with Crippen LogP contribution in [0.2, 0.25) is 0 Å². The molecule has 7 nitrogen and oxygen atoms in total. The van der Waals surface area contributed by atoms with Gasteiger partial charge < -0.3 is 19.5 Å². The Bertz CT molecular complexity index is 1050. The van der Waals surface area contributed by atoms with Gasteiger partial charge in [-0.15, -0.1) is 11.3 Å². The van der Waals surface area contributed by atoms with Crippen molar-refractivity contribution >= 4 is 27.5 Å². The molecule has 3 heterocycles. The smallest absolute Gasteiger partial charge is 0.261 e. The van der Waals surface area contributed by atoms with Gasteiger partial charge in [-0.05, 0) is 30.5 Å². The molecule has 1 amide bonds. The Balaban J connectivity index is 1.51. The molecule has 4 rings (SSSR count). The van der Waals surface area contributed by atoms with Gasteiger partial charge in [0.2, 0.25) is 5.88 Å². The van der Waals surface area contributed by atoms with Crippen LogP contribution in [0.4, 0.5) is 0 Å². The van der Waals surface area contributed by atoms with Crippen molar-refractivity contribution in [1.29, 1.82) is 0 Å². The van der Waals surface area contributed by atoms with Crippen LogP contribution in [0.1, 0.15) is 26.6 Å². The van der Waals surface area contributed by atoms with Crippen LogP contribution < -0.4 is 14.8 Å². The number of aryl methyl sites for hydroxylation is 1. The van der Waals surface area contributed by atoms with Crippen LogP contribution in [-0.2, 0) is 17.8 Å². The number of ether oxygens (including phenoxy) is 3. The van der Waals surface area contributed by atoms with E-state index in [1.54, 1.807) is 14.2 Å². The largest absolute Gasteiger partial charge is 0.493 e. The number of nitrogens with one attached hydrogen (secondary N) is 1. The minimum Gasteiger partial charge on any atom is -0.493 e. The van der Waals surface area contributed by atoms with Gasteiger partial charge in [-0.1, -0.05) is 18.2 Å². The standard InChI is InChI=1S/C21H23N3O4S/c1-12-17-20(27-3)23-16(11-26-2)24-21(17)29-18(12)19(25)22-9-13-8-14-6-4-5-7-15(14)28-10-13/h4-7,13H,8-11H2,1-3H3,(H,22,25). The highest BCUT2D eigenvalue weighted by Crippen LogP contribution is 2.35. The maximum atomic E-state index is 12.9. The monoisotopic (exact) mass is 413 g/mol. The number of benzene rings is 1. The summed E-state index contributed by atoms with van der Waals surface area (Å²) in [5, 5.41) is 3.83. The van der Waals surface area contributed by atoms with Crippen LogP contribution in [0, 0.1) is 12.8 Å². The first-order valence-corrected chi connectivity index (χ1v) is 10.2. The molecule has 8 heteroatoms.